The van der Waals surface area contributed by atoms with Gasteiger partial charge in [-0.1, -0.05) is 6.92 Å². The monoisotopic (exact) mass is 318 g/mol. The first-order chi connectivity index (χ1) is 10.8. The molecule has 1 aromatic heterocycles. The highest BCUT2D eigenvalue weighted by atomic mass is 16.5. The van der Waals surface area contributed by atoms with Crippen LogP contribution in [0.5, 0.6) is 0 Å². The maximum Gasteiger partial charge on any atom is 0.136 e. The van der Waals surface area contributed by atoms with Gasteiger partial charge in [0.2, 0.25) is 0 Å². The molecule has 0 aromatic carbocycles. The van der Waals surface area contributed by atoms with Gasteiger partial charge in [-0.2, -0.15) is 0 Å². The van der Waals surface area contributed by atoms with Gasteiger partial charge in [0.05, 0.1) is 5.69 Å². The molecule has 2 heterocycles. The maximum atomic E-state index is 5.62. The Morgan fingerprint density at radius 3 is 2.52 bits per heavy atom. The van der Waals surface area contributed by atoms with Crippen molar-refractivity contribution in [1.29, 1.82) is 0 Å². The zero-order valence-electron chi connectivity index (χ0n) is 15.3. The molecule has 0 N–H and O–H groups in total. The molecular weight excluding hydrogens is 288 g/mol. The third-order valence-corrected chi connectivity index (χ3v) is 5.39. The zero-order chi connectivity index (χ0) is 16.8. The largest absolute Gasteiger partial charge is 0.375 e. The number of rotatable bonds is 2. The fraction of sp³-hybridized carbons (Fsp3) is 0.778. The summed E-state index contributed by atoms with van der Waals surface area (Å²) in [5.74, 6) is 1.59. The van der Waals surface area contributed by atoms with Crippen LogP contribution < -0.4 is 4.90 Å². The molecular formula is C18H30N4O. The fourth-order valence-corrected chi connectivity index (χ4v) is 4.00. The molecule has 1 saturated heterocycles. The minimum atomic E-state index is 0.118. The molecule has 1 fully saturated rings. The number of fused-ring (bicyclic) bond motifs is 1. The van der Waals surface area contributed by atoms with Gasteiger partial charge in [0, 0.05) is 43.9 Å². The number of methoxy groups -OCH3 is 1. The van der Waals surface area contributed by atoms with Crippen LogP contribution in [0.25, 0.3) is 0 Å². The molecule has 3 atom stereocenters. The van der Waals surface area contributed by atoms with Crippen LogP contribution in [0.1, 0.15) is 64.3 Å². The van der Waals surface area contributed by atoms with E-state index in [-0.39, 0.29) is 11.6 Å². The second kappa shape index (κ2) is 6.02. The number of hydrogen-bond donors (Lipinski definition) is 0. The van der Waals surface area contributed by atoms with E-state index in [1.54, 1.807) is 13.4 Å². The van der Waals surface area contributed by atoms with E-state index in [1.807, 2.05) is 0 Å². The summed E-state index contributed by atoms with van der Waals surface area (Å²) in [6.45, 7) is 14.6. The van der Waals surface area contributed by atoms with E-state index in [4.69, 9.17) is 4.74 Å². The summed E-state index contributed by atoms with van der Waals surface area (Å²) in [5.41, 5.74) is 2.62. The molecule has 0 amide bonds. The normalized spacial score (nSPS) is 29.0. The van der Waals surface area contributed by atoms with E-state index in [0.717, 1.165) is 37.6 Å². The Bertz CT molecular complexity index is 569. The van der Waals surface area contributed by atoms with Gasteiger partial charge >= 0.3 is 0 Å². The minimum Gasteiger partial charge on any atom is -0.375 e. The number of hydrogen-bond acceptors (Lipinski definition) is 5. The van der Waals surface area contributed by atoms with Crippen LogP contribution in [-0.4, -0.2) is 53.2 Å². The molecule has 0 spiro atoms. The van der Waals surface area contributed by atoms with Crippen molar-refractivity contribution in [3.8, 4) is 0 Å². The third kappa shape index (κ3) is 2.96. The van der Waals surface area contributed by atoms with Gasteiger partial charge in [-0.25, -0.2) is 9.97 Å². The topological polar surface area (TPSA) is 41.5 Å². The third-order valence-electron chi connectivity index (χ3n) is 5.39. The SMILES string of the molecule is CO[C@@H]1C[C@@H](C)c2c1ncnc2N1CCN(C(C)(C)C)C[C@@H]1C. The quantitative estimate of drug-likeness (QED) is 0.838. The van der Waals surface area contributed by atoms with Gasteiger partial charge in [0.15, 0.2) is 0 Å². The highest BCUT2D eigenvalue weighted by Gasteiger charge is 2.37. The van der Waals surface area contributed by atoms with Gasteiger partial charge in [0.25, 0.3) is 0 Å². The van der Waals surface area contributed by atoms with Crippen molar-refractivity contribution in [2.24, 2.45) is 0 Å². The summed E-state index contributed by atoms with van der Waals surface area (Å²) in [7, 11) is 1.78. The van der Waals surface area contributed by atoms with Crippen LogP contribution in [0.4, 0.5) is 5.82 Å². The summed E-state index contributed by atoms with van der Waals surface area (Å²) in [5, 5.41) is 0. The lowest BCUT2D eigenvalue weighted by atomic mass is 10.0. The van der Waals surface area contributed by atoms with Crippen LogP contribution in [0.2, 0.25) is 0 Å². The van der Waals surface area contributed by atoms with E-state index >= 15 is 0 Å². The summed E-state index contributed by atoms with van der Waals surface area (Å²) in [4.78, 5) is 14.2. The van der Waals surface area contributed by atoms with Crippen LogP contribution in [0.15, 0.2) is 6.33 Å². The number of anilines is 1. The fourth-order valence-electron chi connectivity index (χ4n) is 4.00. The van der Waals surface area contributed by atoms with Crippen LogP contribution >= 0.6 is 0 Å². The van der Waals surface area contributed by atoms with E-state index in [0.29, 0.717) is 12.0 Å². The molecule has 0 unspecified atom stereocenters. The van der Waals surface area contributed by atoms with Gasteiger partial charge in [0.1, 0.15) is 18.2 Å². The van der Waals surface area contributed by atoms with Gasteiger partial charge in [-0.3, -0.25) is 4.90 Å². The molecule has 128 valence electrons. The molecule has 2 aliphatic rings. The molecule has 1 aromatic rings. The summed E-state index contributed by atoms with van der Waals surface area (Å²) in [6.07, 6.45) is 2.84. The molecule has 5 heteroatoms. The number of piperazine rings is 1. The lowest BCUT2D eigenvalue weighted by Crippen LogP contribution is -2.57. The first-order valence-electron chi connectivity index (χ1n) is 8.72. The van der Waals surface area contributed by atoms with Crippen LogP contribution in [-0.2, 0) is 4.74 Å². The molecule has 5 nitrogen and oxygen atoms in total. The van der Waals surface area contributed by atoms with Crippen molar-refractivity contribution in [2.45, 2.75) is 64.6 Å². The Kier molecular flexibility index (Phi) is 4.36. The average molecular weight is 318 g/mol. The van der Waals surface area contributed by atoms with E-state index in [2.05, 4.69) is 54.4 Å². The zero-order valence-corrected chi connectivity index (χ0v) is 15.3. The van der Waals surface area contributed by atoms with Gasteiger partial charge < -0.3 is 9.64 Å². The van der Waals surface area contributed by atoms with Crippen molar-refractivity contribution in [2.75, 3.05) is 31.6 Å². The average Bonchev–Trinajstić information content (AvgIpc) is 2.83. The van der Waals surface area contributed by atoms with Crippen LogP contribution in [0.3, 0.4) is 0 Å². The number of nitrogens with zero attached hydrogens (tertiary/aromatic N) is 4. The summed E-state index contributed by atoms with van der Waals surface area (Å²) in [6, 6.07) is 0.454. The molecule has 0 saturated carbocycles. The predicted octanol–water partition coefficient (Wildman–Crippen LogP) is 2.98. The van der Waals surface area contributed by atoms with Gasteiger partial charge in [-0.05, 0) is 40.0 Å². The molecule has 0 radical (unpaired) electrons. The summed E-state index contributed by atoms with van der Waals surface area (Å²) >= 11 is 0. The maximum absolute atomic E-state index is 5.62. The second-order valence-corrected chi connectivity index (χ2v) is 8.02. The Morgan fingerprint density at radius 2 is 1.91 bits per heavy atom. The molecule has 3 rings (SSSR count). The molecule has 0 bridgehead atoms. The molecule has 23 heavy (non-hydrogen) atoms. The second-order valence-electron chi connectivity index (χ2n) is 8.02. The number of aromatic nitrogens is 2. The van der Waals surface area contributed by atoms with Crippen molar-refractivity contribution in [1.82, 2.24) is 14.9 Å². The van der Waals surface area contributed by atoms with Crippen molar-refractivity contribution < 1.29 is 4.74 Å². The Hall–Kier alpha value is -1.20. The Morgan fingerprint density at radius 1 is 1.17 bits per heavy atom. The van der Waals surface area contributed by atoms with Crippen molar-refractivity contribution in [3.63, 3.8) is 0 Å². The first kappa shape index (κ1) is 16.7. The minimum absolute atomic E-state index is 0.118. The lowest BCUT2D eigenvalue weighted by Gasteiger charge is -2.46. The smallest absolute Gasteiger partial charge is 0.136 e. The van der Waals surface area contributed by atoms with Gasteiger partial charge in [-0.15, -0.1) is 0 Å². The predicted molar refractivity (Wildman–Crippen MR) is 92.9 cm³/mol. The Labute approximate surface area is 140 Å². The molecule has 1 aliphatic carbocycles. The molecule has 1 aliphatic heterocycles. The highest BCUT2D eigenvalue weighted by Crippen LogP contribution is 2.44. The standard InChI is InChI=1S/C18H30N4O/c1-12-9-14(23-6)16-15(12)17(20-11-19-16)22-8-7-21(10-13(22)2)18(3,4)5/h11-14H,7-10H2,1-6H3/t12-,13+,14-/m1/s1. The van der Waals surface area contributed by atoms with E-state index < -0.39 is 0 Å². The van der Waals surface area contributed by atoms with Crippen molar-refractivity contribution >= 4 is 5.82 Å². The first-order valence-corrected chi connectivity index (χ1v) is 8.72. The number of ether oxygens (including phenoxy) is 1. The lowest BCUT2D eigenvalue weighted by molar-refractivity contribution is 0.0982. The van der Waals surface area contributed by atoms with Crippen molar-refractivity contribution in [3.05, 3.63) is 17.6 Å². The summed E-state index contributed by atoms with van der Waals surface area (Å²) < 4.78 is 5.62. The van der Waals surface area contributed by atoms with E-state index in [1.165, 1.54) is 5.56 Å². The highest BCUT2D eigenvalue weighted by molar-refractivity contribution is 5.54. The van der Waals surface area contributed by atoms with E-state index in [9.17, 15) is 0 Å². The van der Waals surface area contributed by atoms with Crippen LogP contribution in [0, 0.1) is 0 Å². The Balaban J connectivity index is 1.88.